The summed E-state index contributed by atoms with van der Waals surface area (Å²) in [5.41, 5.74) is 8.99. The standard InChI is InChI=1S/C15H15BrN2O/c1-10-6-7-13(16)12(8-10)15(19)18-14-5-3-2-4-11(14)9-17/h2-8H,9,17H2,1H3,(H,18,19). The number of anilines is 1. The second-order valence-corrected chi connectivity index (χ2v) is 5.15. The smallest absolute Gasteiger partial charge is 0.256 e. The zero-order valence-electron chi connectivity index (χ0n) is 10.6. The predicted molar refractivity (Wildman–Crippen MR) is 81.2 cm³/mol. The Balaban J connectivity index is 2.28. The highest BCUT2D eigenvalue weighted by Crippen LogP contribution is 2.21. The number of aryl methyl sites for hydroxylation is 1. The molecule has 0 fully saturated rings. The van der Waals surface area contributed by atoms with Gasteiger partial charge < -0.3 is 11.1 Å². The SMILES string of the molecule is Cc1ccc(Br)c(C(=O)Nc2ccccc2CN)c1. The number of hydrogen-bond acceptors (Lipinski definition) is 2. The number of nitrogens with two attached hydrogens (primary N) is 1. The van der Waals surface area contributed by atoms with Crippen molar-refractivity contribution in [2.24, 2.45) is 5.73 Å². The van der Waals surface area contributed by atoms with Gasteiger partial charge in [0.25, 0.3) is 5.91 Å². The maximum Gasteiger partial charge on any atom is 0.256 e. The van der Waals surface area contributed by atoms with Crippen molar-refractivity contribution in [1.82, 2.24) is 0 Å². The summed E-state index contributed by atoms with van der Waals surface area (Å²) in [7, 11) is 0. The molecule has 0 aliphatic rings. The molecule has 2 aromatic carbocycles. The fourth-order valence-corrected chi connectivity index (χ4v) is 2.25. The number of rotatable bonds is 3. The van der Waals surface area contributed by atoms with Gasteiger partial charge in [-0.1, -0.05) is 29.8 Å². The lowest BCUT2D eigenvalue weighted by Gasteiger charge is -2.11. The van der Waals surface area contributed by atoms with Crippen molar-refractivity contribution in [3.05, 3.63) is 63.6 Å². The fraction of sp³-hybridized carbons (Fsp3) is 0.133. The maximum atomic E-state index is 12.3. The first kappa shape index (κ1) is 13.8. The molecule has 1 amide bonds. The van der Waals surface area contributed by atoms with E-state index in [0.29, 0.717) is 12.1 Å². The molecule has 2 rings (SSSR count). The van der Waals surface area contributed by atoms with E-state index in [1.54, 1.807) is 0 Å². The van der Waals surface area contributed by atoms with Crippen molar-refractivity contribution < 1.29 is 4.79 Å². The molecule has 0 aromatic heterocycles. The number of benzene rings is 2. The molecule has 0 aliphatic carbocycles. The Morgan fingerprint density at radius 3 is 2.74 bits per heavy atom. The number of carbonyl (C=O) groups excluding carboxylic acids is 1. The summed E-state index contributed by atoms with van der Waals surface area (Å²) in [5.74, 6) is -0.142. The van der Waals surface area contributed by atoms with Crippen LogP contribution < -0.4 is 11.1 Å². The highest BCUT2D eigenvalue weighted by atomic mass is 79.9. The zero-order chi connectivity index (χ0) is 13.8. The van der Waals surface area contributed by atoms with Crippen molar-refractivity contribution in [3.63, 3.8) is 0 Å². The summed E-state index contributed by atoms with van der Waals surface area (Å²) in [6.07, 6.45) is 0. The highest BCUT2D eigenvalue weighted by molar-refractivity contribution is 9.10. The van der Waals surface area contributed by atoms with Crippen LogP contribution in [-0.4, -0.2) is 5.91 Å². The number of halogens is 1. The maximum absolute atomic E-state index is 12.3. The van der Waals surface area contributed by atoms with E-state index in [9.17, 15) is 4.79 Å². The van der Waals surface area contributed by atoms with Crippen LogP contribution in [0.2, 0.25) is 0 Å². The average molecular weight is 319 g/mol. The molecule has 4 heteroatoms. The molecule has 98 valence electrons. The molecule has 0 spiro atoms. The van der Waals surface area contributed by atoms with Crippen LogP contribution in [0, 0.1) is 6.92 Å². The molecule has 2 aromatic rings. The molecule has 19 heavy (non-hydrogen) atoms. The minimum atomic E-state index is -0.142. The minimum absolute atomic E-state index is 0.142. The third-order valence-electron chi connectivity index (χ3n) is 2.85. The van der Waals surface area contributed by atoms with E-state index in [2.05, 4.69) is 21.2 Å². The average Bonchev–Trinajstić information content (AvgIpc) is 2.42. The van der Waals surface area contributed by atoms with E-state index in [1.807, 2.05) is 49.4 Å². The van der Waals surface area contributed by atoms with Gasteiger partial charge in [0.15, 0.2) is 0 Å². The minimum Gasteiger partial charge on any atom is -0.326 e. The Labute approximate surface area is 121 Å². The second kappa shape index (κ2) is 5.99. The monoisotopic (exact) mass is 318 g/mol. The molecule has 0 unspecified atom stereocenters. The van der Waals surface area contributed by atoms with Gasteiger partial charge in [-0.2, -0.15) is 0 Å². The summed E-state index contributed by atoms with van der Waals surface area (Å²) >= 11 is 3.39. The molecule has 0 bridgehead atoms. The molecule has 0 heterocycles. The van der Waals surface area contributed by atoms with Crippen molar-refractivity contribution >= 4 is 27.5 Å². The molecule has 3 nitrogen and oxygen atoms in total. The first-order chi connectivity index (χ1) is 9.11. The summed E-state index contributed by atoms with van der Waals surface area (Å²) in [4.78, 5) is 12.3. The van der Waals surface area contributed by atoms with Gasteiger partial charge >= 0.3 is 0 Å². The Morgan fingerprint density at radius 2 is 2.00 bits per heavy atom. The number of amides is 1. The van der Waals surface area contributed by atoms with Crippen LogP contribution >= 0.6 is 15.9 Å². The third kappa shape index (κ3) is 3.22. The Morgan fingerprint density at radius 1 is 1.26 bits per heavy atom. The first-order valence-corrected chi connectivity index (χ1v) is 6.76. The van der Waals surface area contributed by atoms with Crippen LogP contribution in [0.15, 0.2) is 46.9 Å². The normalized spacial score (nSPS) is 10.3. The zero-order valence-corrected chi connectivity index (χ0v) is 12.2. The van der Waals surface area contributed by atoms with Crippen molar-refractivity contribution in [2.45, 2.75) is 13.5 Å². The van der Waals surface area contributed by atoms with Gasteiger partial charge in [-0.25, -0.2) is 0 Å². The summed E-state index contributed by atoms with van der Waals surface area (Å²) in [6.45, 7) is 2.35. The van der Waals surface area contributed by atoms with Gasteiger partial charge in [0, 0.05) is 16.7 Å². The van der Waals surface area contributed by atoms with E-state index in [0.717, 1.165) is 21.3 Å². The van der Waals surface area contributed by atoms with Crippen molar-refractivity contribution in [2.75, 3.05) is 5.32 Å². The van der Waals surface area contributed by atoms with Gasteiger partial charge in [0.05, 0.1) is 5.56 Å². The van der Waals surface area contributed by atoms with E-state index in [4.69, 9.17) is 5.73 Å². The lowest BCUT2D eigenvalue weighted by molar-refractivity contribution is 0.102. The molecule has 0 radical (unpaired) electrons. The Bertz CT molecular complexity index is 611. The van der Waals surface area contributed by atoms with Gasteiger partial charge in [0.2, 0.25) is 0 Å². The van der Waals surface area contributed by atoms with Crippen LogP contribution in [0.25, 0.3) is 0 Å². The van der Waals surface area contributed by atoms with Crippen LogP contribution in [0.4, 0.5) is 5.69 Å². The number of carbonyl (C=O) groups is 1. The molecule has 0 saturated carbocycles. The Hall–Kier alpha value is -1.65. The van der Waals surface area contributed by atoms with Crippen LogP contribution in [-0.2, 0) is 6.54 Å². The molecule has 0 atom stereocenters. The lowest BCUT2D eigenvalue weighted by Crippen LogP contribution is -2.15. The topological polar surface area (TPSA) is 55.1 Å². The predicted octanol–water partition coefficient (Wildman–Crippen LogP) is 3.47. The lowest BCUT2D eigenvalue weighted by atomic mass is 10.1. The van der Waals surface area contributed by atoms with Crippen LogP contribution in [0.3, 0.4) is 0 Å². The number of para-hydroxylation sites is 1. The highest BCUT2D eigenvalue weighted by Gasteiger charge is 2.11. The van der Waals surface area contributed by atoms with E-state index in [-0.39, 0.29) is 5.91 Å². The largest absolute Gasteiger partial charge is 0.326 e. The number of hydrogen-bond donors (Lipinski definition) is 2. The summed E-state index contributed by atoms with van der Waals surface area (Å²) in [5, 5.41) is 2.90. The van der Waals surface area contributed by atoms with E-state index >= 15 is 0 Å². The Kier molecular flexibility index (Phi) is 4.35. The van der Waals surface area contributed by atoms with Gasteiger partial charge in [-0.3, -0.25) is 4.79 Å². The van der Waals surface area contributed by atoms with Crippen molar-refractivity contribution in [1.29, 1.82) is 0 Å². The second-order valence-electron chi connectivity index (χ2n) is 4.30. The summed E-state index contributed by atoms with van der Waals surface area (Å²) in [6, 6.07) is 13.2. The quantitative estimate of drug-likeness (QED) is 0.910. The van der Waals surface area contributed by atoms with Gasteiger partial charge in [-0.15, -0.1) is 0 Å². The van der Waals surface area contributed by atoms with Crippen LogP contribution in [0.5, 0.6) is 0 Å². The third-order valence-corrected chi connectivity index (χ3v) is 3.54. The molecule has 3 N–H and O–H groups in total. The molecule has 0 aliphatic heterocycles. The first-order valence-electron chi connectivity index (χ1n) is 5.97. The van der Waals surface area contributed by atoms with E-state index < -0.39 is 0 Å². The van der Waals surface area contributed by atoms with Crippen molar-refractivity contribution in [3.8, 4) is 0 Å². The van der Waals surface area contributed by atoms with Crippen LogP contribution in [0.1, 0.15) is 21.5 Å². The van der Waals surface area contributed by atoms with E-state index in [1.165, 1.54) is 0 Å². The number of nitrogens with one attached hydrogen (secondary N) is 1. The fourth-order valence-electron chi connectivity index (χ4n) is 1.82. The summed E-state index contributed by atoms with van der Waals surface area (Å²) < 4.78 is 0.779. The van der Waals surface area contributed by atoms with Gasteiger partial charge in [0.1, 0.15) is 0 Å². The van der Waals surface area contributed by atoms with Gasteiger partial charge in [-0.05, 0) is 46.6 Å². The molecule has 0 saturated heterocycles. The molecular weight excluding hydrogens is 304 g/mol. The molecular formula is C15H15BrN2O.